The Balaban J connectivity index is 0.000000322. The van der Waals surface area contributed by atoms with Crippen LogP contribution in [-0.4, -0.2) is 11.5 Å². The fraction of sp³-hybridized carbons (Fsp3) is 0.545. The molecule has 0 aromatic carbocycles. The first-order chi connectivity index (χ1) is 6.47. The van der Waals surface area contributed by atoms with Crippen LogP contribution in [0.5, 0.6) is 0 Å². The summed E-state index contributed by atoms with van der Waals surface area (Å²) in [5.74, 6) is 1.07. The Kier molecular flexibility index (Phi) is 6.98. The number of aromatic nitrogens is 1. The summed E-state index contributed by atoms with van der Waals surface area (Å²) in [6, 6.07) is 4.09. The molecule has 0 amide bonds. The van der Waals surface area contributed by atoms with Gasteiger partial charge in [0.1, 0.15) is 5.82 Å². The Morgan fingerprint density at radius 2 is 1.92 bits per heavy atom. The maximum atomic E-state index is 4.15. The summed E-state index contributed by atoms with van der Waals surface area (Å²) in [5.41, 5.74) is 1.34. The highest BCUT2D eigenvalue weighted by molar-refractivity contribution is 5.48. The second kappa shape index (κ2) is 7.59. The quantitative estimate of drug-likeness (QED) is 0.663. The topological polar surface area (TPSA) is 24.9 Å². The number of rotatable bonds is 0. The molecular formula is C11H20N2. The minimum Gasteiger partial charge on any atom is -0.370 e. The third kappa shape index (κ3) is 3.45. The van der Waals surface area contributed by atoms with Crippen LogP contribution in [0.1, 0.15) is 33.3 Å². The highest BCUT2D eigenvalue weighted by Crippen LogP contribution is 2.16. The molecule has 0 aliphatic carbocycles. The highest BCUT2D eigenvalue weighted by Gasteiger charge is 2.07. The maximum Gasteiger partial charge on any atom is 0.129 e. The van der Waals surface area contributed by atoms with Gasteiger partial charge in [0, 0.05) is 12.7 Å². The Labute approximate surface area is 81.4 Å². The largest absolute Gasteiger partial charge is 0.370 e. The van der Waals surface area contributed by atoms with E-state index < -0.39 is 0 Å². The molecule has 0 saturated heterocycles. The zero-order valence-corrected chi connectivity index (χ0v) is 9.09. The van der Waals surface area contributed by atoms with E-state index >= 15 is 0 Å². The Morgan fingerprint density at radius 3 is 2.54 bits per heavy atom. The summed E-state index contributed by atoms with van der Waals surface area (Å²) < 4.78 is 0. The number of pyridine rings is 1. The summed E-state index contributed by atoms with van der Waals surface area (Å²) >= 11 is 0. The molecule has 0 saturated carbocycles. The molecule has 1 aromatic heterocycles. The number of hydrogen-bond acceptors (Lipinski definition) is 2. The van der Waals surface area contributed by atoms with Crippen molar-refractivity contribution in [2.24, 2.45) is 0 Å². The molecular weight excluding hydrogens is 160 g/mol. The van der Waals surface area contributed by atoms with Crippen LogP contribution in [0.15, 0.2) is 18.3 Å². The number of nitrogens with one attached hydrogen (secondary N) is 1. The summed E-state index contributed by atoms with van der Waals surface area (Å²) in [6.07, 6.45) is 2.94. The van der Waals surface area contributed by atoms with Gasteiger partial charge in [-0.05, 0) is 18.1 Å². The molecule has 2 nitrogen and oxygen atoms in total. The van der Waals surface area contributed by atoms with Gasteiger partial charge in [-0.25, -0.2) is 4.98 Å². The van der Waals surface area contributed by atoms with Gasteiger partial charge in [0.2, 0.25) is 0 Å². The van der Waals surface area contributed by atoms with Gasteiger partial charge in [-0.15, -0.1) is 0 Å². The van der Waals surface area contributed by atoms with Crippen molar-refractivity contribution in [2.75, 3.05) is 11.9 Å². The second-order valence-electron chi connectivity index (χ2n) is 2.19. The normalized spacial score (nSPS) is 11.1. The predicted octanol–water partition coefficient (Wildman–Crippen LogP) is 3.10. The molecule has 1 aliphatic heterocycles. The van der Waals surface area contributed by atoms with Gasteiger partial charge in [-0.2, -0.15) is 0 Å². The van der Waals surface area contributed by atoms with Crippen molar-refractivity contribution in [3.05, 3.63) is 23.9 Å². The molecule has 2 heterocycles. The zero-order valence-electron chi connectivity index (χ0n) is 9.09. The van der Waals surface area contributed by atoms with Crippen molar-refractivity contribution >= 4 is 5.82 Å². The van der Waals surface area contributed by atoms with Crippen LogP contribution < -0.4 is 5.32 Å². The van der Waals surface area contributed by atoms with E-state index in [1.165, 1.54) is 5.56 Å². The molecule has 1 aromatic rings. The molecule has 74 valence electrons. The minimum atomic E-state index is 1.05. The summed E-state index contributed by atoms with van der Waals surface area (Å²) in [6.45, 7) is 9.05. The molecule has 1 N–H and O–H groups in total. The Morgan fingerprint density at radius 1 is 1.23 bits per heavy atom. The van der Waals surface area contributed by atoms with Crippen molar-refractivity contribution in [3.63, 3.8) is 0 Å². The predicted molar refractivity (Wildman–Crippen MR) is 59.1 cm³/mol. The lowest BCUT2D eigenvalue weighted by atomic mass is 10.2. The fourth-order valence-electron chi connectivity index (χ4n) is 1.12. The molecule has 2 rings (SSSR count). The van der Waals surface area contributed by atoms with Crippen LogP contribution in [0.2, 0.25) is 0 Å². The SMILES string of the molecule is CC.CC.c1cnc2c(c1)CCN2. The van der Waals surface area contributed by atoms with Crippen LogP contribution in [0.25, 0.3) is 0 Å². The van der Waals surface area contributed by atoms with Crippen molar-refractivity contribution in [3.8, 4) is 0 Å². The van der Waals surface area contributed by atoms with Gasteiger partial charge in [-0.3, -0.25) is 0 Å². The Hall–Kier alpha value is -1.05. The fourth-order valence-corrected chi connectivity index (χ4v) is 1.12. The van der Waals surface area contributed by atoms with Crippen LogP contribution in [0.4, 0.5) is 5.82 Å². The number of anilines is 1. The first kappa shape index (κ1) is 11.9. The van der Waals surface area contributed by atoms with E-state index in [9.17, 15) is 0 Å². The summed E-state index contributed by atoms with van der Waals surface area (Å²) in [4.78, 5) is 4.15. The Bertz CT molecular complexity index is 198. The van der Waals surface area contributed by atoms with Crippen LogP contribution >= 0.6 is 0 Å². The first-order valence-electron chi connectivity index (χ1n) is 5.14. The monoisotopic (exact) mass is 180 g/mol. The van der Waals surface area contributed by atoms with Gasteiger partial charge in [0.05, 0.1) is 0 Å². The van der Waals surface area contributed by atoms with E-state index in [0.29, 0.717) is 0 Å². The van der Waals surface area contributed by atoms with Gasteiger partial charge in [0.15, 0.2) is 0 Å². The lowest BCUT2D eigenvalue weighted by Crippen LogP contribution is -1.92. The van der Waals surface area contributed by atoms with Crippen LogP contribution in [0.3, 0.4) is 0 Å². The average molecular weight is 180 g/mol. The smallest absolute Gasteiger partial charge is 0.129 e. The standard InChI is InChI=1S/C7H8N2.2C2H6/c1-2-6-3-5-9-7(6)8-4-1;2*1-2/h1-2,4H,3,5H2,(H,8,9);2*1-2H3. The molecule has 0 unspecified atom stereocenters. The third-order valence-electron chi connectivity index (χ3n) is 1.58. The van der Waals surface area contributed by atoms with E-state index in [4.69, 9.17) is 0 Å². The third-order valence-corrected chi connectivity index (χ3v) is 1.58. The number of nitrogens with zero attached hydrogens (tertiary/aromatic N) is 1. The molecule has 2 heteroatoms. The minimum absolute atomic E-state index is 1.05. The number of fused-ring (bicyclic) bond motifs is 1. The van der Waals surface area contributed by atoms with Crippen molar-refractivity contribution in [1.29, 1.82) is 0 Å². The maximum absolute atomic E-state index is 4.15. The average Bonchev–Trinajstić information content (AvgIpc) is 2.71. The van der Waals surface area contributed by atoms with E-state index in [2.05, 4.69) is 16.4 Å². The van der Waals surface area contributed by atoms with Gasteiger partial charge in [0.25, 0.3) is 0 Å². The summed E-state index contributed by atoms with van der Waals surface area (Å²) in [5, 5.41) is 3.19. The van der Waals surface area contributed by atoms with Crippen molar-refractivity contribution in [2.45, 2.75) is 34.1 Å². The zero-order chi connectivity index (χ0) is 10.1. The molecule has 0 radical (unpaired) electrons. The first-order valence-corrected chi connectivity index (χ1v) is 5.14. The molecule has 13 heavy (non-hydrogen) atoms. The van der Waals surface area contributed by atoms with E-state index in [1.54, 1.807) is 0 Å². The molecule has 0 fully saturated rings. The van der Waals surface area contributed by atoms with Gasteiger partial charge < -0.3 is 5.32 Å². The molecule has 0 spiro atoms. The van der Waals surface area contributed by atoms with Crippen molar-refractivity contribution < 1.29 is 0 Å². The second-order valence-corrected chi connectivity index (χ2v) is 2.19. The lowest BCUT2D eigenvalue weighted by Gasteiger charge is -1.93. The summed E-state index contributed by atoms with van der Waals surface area (Å²) in [7, 11) is 0. The number of hydrogen-bond donors (Lipinski definition) is 1. The molecule has 1 aliphatic rings. The lowest BCUT2D eigenvalue weighted by molar-refractivity contribution is 1.11. The molecule has 0 atom stereocenters. The van der Waals surface area contributed by atoms with E-state index in [1.807, 2.05) is 40.0 Å². The molecule has 0 bridgehead atoms. The van der Waals surface area contributed by atoms with Gasteiger partial charge in [-0.1, -0.05) is 33.8 Å². The van der Waals surface area contributed by atoms with Gasteiger partial charge >= 0.3 is 0 Å². The van der Waals surface area contributed by atoms with E-state index in [-0.39, 0.29) is 0 Å². The van der Waals surface area contributed by atoms with Crippen LogP contribution in [-0.2, 0) is 6.42 Å². The van der Waals surface area contributed by atoms with E-state index in [0.717, 1.165) is 18.8 Å². The highest BCUT2D eigenvalue weighted by atomic mass is 15.0. The van der Waals surface area contributed by atoms with Crippen molar-refractivity contribution in [1.82, 2.24) is 4.98 Å². The van der Waals surface area contributed by atoms with Crippen LogP contribution in [0, 0.1) is 0 Å².